The van der Waals surface area contributed by atoms with Gasteiger partial charge in [-0.2, -0.15) is 13.2 Å². The average molecular weight is 362 g/mol. The fraction of sp³-hybridized carbons (Fsp3) is 0.0714. The van der Waals surface area contributed by atoms with Crippen molar-refractivity contribution in [3.8, 4) is 0 Å². The van der Waals surface area contributed by atoms with E-state index in [0.29, 0.717) is 0 Å². The van der Waals surface area contributed by atoms with Crippen LogP contribution in [0, 0.1) is 5.82 Å². The quantitative estimate of drug-likeness (QED) is 0.760. The van der Waals surface area contributed by atoms with Crippen LogP contribution in [0.4, 0.5) is 23.2 Å². The molecule has 0 saturated carbocycles. The number of hydrogen-bond acceptors (Lipinski definition) is 1. The lowest BCUT2D eigenvalue weighted by atomic mass is 10.1. The van der Waals surface area contributed by atoms with Gasteiger partial charge in [0.2, 0.25) is 0 Å². The van der Waals surface area contributed by atoms with E-state index in [2.05, 4.69) is 21.2 Å². The van der Waals surface area contributed by atoms with Crippen LogP contribution in [0.2, 0.25) is 0 Å². The zero-order valence-electron chi connectivity index (χ0n) is 10.3. The molecular weight excluding hydrogens is 354 g/mol. The summed E-state index contributed by atoms with van der Waals surface area (Å²) in [6, 6.07) is 8.07. The van der Waals surface area contributed by atoms with Crippen LogP contribution in [0.1, 0.15) is 15.9 Å². The lowest BCUT2D eigenvalue weighted by Crippen LogP contribution is -2.18. The predicted octanol–water partition coefficient (Wildman–Crippen LogP) is 4.86. The third-order valence-corrected chi connectivity index (χ3v) is 3.26. The van der Waals surface area contributed by atoms with Crippen molar-refractivity contribution in [3.63, 3.8) is 0 Å². The first-order chi connectivity index (χ1) is 9.79. The van der Waals surface area contributed by atoms with Gasteiger partial charge in [0.1, 0.15) is 5.82 Å². The van der Waals surface area contributed by atoms with Crippen LogP contribution >= 0.6 is 15.9 Å². The van der Waals surface area contributed by atoms with Crippen molar-refractivity contribution >= 4 is 27.5 Å². The Bertz CT molecular complexity index is 685. The molecule has 0 radical (unpaired) electrons. The average Bonchev–Trinajstić information content (AvgIpc) is 2.42. The Morgan fingerprint density at radius 2 is 1.76 bits per heavy atom. The number of carbonyl (C=O) groups excluding carboxylic acids is 1. The highest BCUT2D eigenvalue weighted by atomic mass is 79.9. The number of amides is 1. The van der Waals surface area contributed by atoms with E-state index >= 15 is 0 Å². The minimum absolute atomic E-state index is 0.101. The van der Waals surface area contributed by atoms with Gasteiger partial charge >= 0.3 is 6.18 Å². The summed E-state index contributed by atoms with van der Waals surface area (Å²) >= 11 is 2.93. The molecule has 0 aliphatic heterocycles. The van der Waals surface area contributed by atoms with Crippen molar-refractivity contribution in [2.75, 3.05) is 5.32 Å². The van der Waals surface area contributed by atoms with Crippen LogP contribution in [0.3, 0.4) is 0 Å². The Morgan fingerprint density at radius 3 is 2.38 bits per heavy atom. The van der Waals surface area contributed by atoms with Gasteiger partial charge in [0.25, 0.3) is 5.91 Å². The first-order valence-corrected chi connectivity index (χ1v) is 6.51. The first kappa shape index (κ1) is 15.5. The van der Waals surface area contributed by atoms with Gasteiger partial charge in [0, 0.05) is 5.69 Å². The summed E-state index contributed by atoms with van der Waals surface area (Å²) in [6.45, 7) is 0. The van der Waals surface area contributed by atoms with Crippen LogP contribution < -0.4 is 5.32 Å². The van der Waals surface area contributed by atoms with Crippen molar-refractivity contribution in [2.24, 2.45) is 0 Å². The number of hydrogen-bond donors (Lipinski definition) is 1. The zero-order chi connectivity index (χ0) is 15.6. The van der Waals surface area contributed by atoms with Crippen LogP contribution in [0.5, 0.6) is 0 Å². The first-order valence-electron chi connectivity index (χ1n) is 5.71. The zero-order valence-corrected chi connectivity index (χ0v) is 11.9. The summed E-state index contributed by atoms with van der Waals surface area (Å²) < 4.78 is 51.7. The van der Waals surface area contributed by atoms with Gasteiger partial charge in [-0.3, -0.25) is 4.79 Å². The molecule has 0 spiro atoms. The highest BCUT2D eigenvalue weighted by Crippen LogP contribution is 2.32. The standard InChI is InChI=1S/C14H8BrF4NO/c15-11-7-8(5-6-12(11)16)20-13(21)9-3-1-2-4-10(9)14(17,18)19/h1-7H,(H,20,21). The number of carbonyl (C=O) groups is 1. The maximum atomic E-state index is 13.1. The normalized spacial score (nSPS) is 11.3. The molecule has 0 heterocycles. The van der Waals surface area contributed by atoms with Crippen molar-refractivity contribution in [3.05, 3.63) is 63.9 Å². The van der Waals surface area contributed by atoms with E-state index in [1.165, 1.54) is 24.3 Å². The molecule has 0 saturated heterocycles. The maximum absolute atomic E-state index is 13.1. The second-order valence-corrected chi connectivity index (χ2v) is 4.98. The molecule has 0 unspecified atom stereocenters. The van der Waals surface area contributed by atoms with E-state index in [4.69, 9.17) is 0 Å². The lowest BCUT2D eigenvalue weighted by Gasteiger charge is -2.12. The van der Waals surface area contributed by atoms with Crippen molar-refractivity contribution in [1.29, 1.82) is 0 Å². The second-order valence-electron chi connectivity index (χ2n) is 4.13. The summed E-state index contributed by atoms with van der Waals surface area (Å²) in [5, 5.41) is 2.30. The molecule has 1 N–H and O–H groups in total. The summed E-state index contributed by atoms with van der Waals surface area (Å²) in [7, 11) is 0. The Balaban J connectivity index is 2.31. The lowest BCUT2D eigenvalue weighted by molar-refractivity contribution is -0.137. The van der Waals surface area contributed by atoms with E-state index in [1.54, 1.807) is 0 Å². The summed E-state index contributed by atoms with van der Waals surface area (Å²) in [5.41, 5.74) is -1.33. The third-order valence-electron chi connectivity index (χ3n) is 2.65. The molecule has 2 rings (SSSR count). The summed E-state index contributed by atoms with van der Waals surface area (Å²) in [4.78, 5) is 12.0. The number of alkyl halides is 3. The number of rotatable bonds is 2. The van der Waals surface area contributed by atoms with E-state index in [1.807, 2.05) is 0 Å². The van der Waals surface area contributed by atoms with Crippen molar-refractivity contribution in [2.45, 2.75) is 6.18 Å². The van der Waals surface area contributed by atoms with Gasteiger partial charge in [-0.1, -0.05) is 12.1 Å². The number of anilines is 1. The van der Waals surface area contributed by atoms with Gasteiger partial charge in [-0.25, -0.2) is 4.39 Å². The van der Waals surface area contributed by atoms with Crippen LogP contribution in [-0.4, -0.2) is 5.91 Å². The molecule has 2 nitrogen and oxygen atoms in total. The number of benzene rings is 2. The van der Waals surface area contributed by atoms with Gasteiger partial charge in [-0.05, 0) is 46.3 Å². The van der Waals surface area contributed by atoms with E-state index in [0.717, 1.165) is 18.2 Å². The Kier molecular flexibility index (Phi) is 4.32. The monoisotopic (exact) mass is 361 g/mol. The number of nitrogens with one attached hydrogen (secondary N) is 1. The van der Waals surface area contributed by atoms with Gasteiger partial charge < -0.3 is 5.32 Å². The van der Waals surface area contributed by atoms with Crippen LogP contribution in [0.25, 0.3) is 0 Å². The SMILES string of the molecule is O=C(Nc1ccc(F)c(Br)c1)c1ccccc1C(F)(F)F. The molecule has 110 valence electrons. The largest absolute Gasteiger partial charge is 0.417 e. The fourth-order valence-electron chi connectivity index (χ4n) is 1.70. The topological polar surface area (TPSA) is 29.1 Å². The molecule has 2 aromatic rings. The predicted molar refractivity (Wildman–Crippen MR) is 73.5 cm³/mol. The van der Waals surface area contributed by atoms with Gasteiger partial charge in [-0.15, -0.1) is 0 Å². The fourth-order valence-corrected chi connectivity index (χ4v) is 2.08. The summed E-state index contributed by atoms with van der Waals surface area (Å²) in [5.74, 6) is -1.45. The number of halogens is 5. The third kappa shape index (κ3) is 3.60. The minimum atomic E-state index is -4.63. The van der Waals surface area contributed by atoms with E-state index in [-0.39, 0.29) is 10.2 Å². The molecule has 0 atom stereocenters. The summed E-state index contributed by atoms with van der Waals surface area (Å²) in [6.07, 6.45) is -4.63. The van der Waals surface area contributed by atoms with Crippen molar-refractivity contribution < 1.29 is 22.4 Å². The molecule has 21 heavy (non-hydrogen) atoms. The molecular formula is C14H8BrF4NO. The smallest absolute Gasteiger partial charge is 0.322 e. The molecule has 1 amide bonds. The second kappa shape index (κ2) is 5.85. The molecule has 0 bridgehead atoms. The Morgan fingerprint density at radius 1 is 1.10 bits per heavy atom. The highest BCUT2D eigenvalue weighted by molar-refractivity contribution is 9.10. The van der Waals surface area contributed by atoms with Crippen LogP contribution in [-0.2, 0) is 6.18 Å². The van der Waals surface area contributed by atoms with Crippen molar-refractivity contribution in [1.82, 2.24) is 0 Å². The molecule has 0 aliphatic carbocycles. The molecule has 0 aliphatic rings. The molecule has 2 aromatic carbocycles. The Labute approximate surface area is 125 Å². The molecule has 0 fully saturated rings. The molecule has 7 heteroatoms. The highest BCUT2D eigenvalue weighted by Gasteiger charge is 2.34. The van der Waals surface area contributed by atoms with Crippen LogP contribution in [0.15, 0.2) is 46.9 Å². The van der Waals surface area contributed by atoms with Gasteiger partial charge in [0.05, 0.1) is 15.6 Å². The Hall–Kier alpha value is -1.89. The van der Waals surface area contributed by atoms with E-state index < -0.39 is 29.0 Å². The molecule has 0 aromatic heterocycles. The minimum Gasteiger partial charge on any atom is -0.322 e. The maximum Gasteiger partial charge on any atom is 0.417 e. The van der Waals surface area contributed by atoms with E-state index in [9.17, 15) is 22.4 Å². The van der Waals surface area contributed by atoms with Gasteiger partial charge in [0.15, 0.2) is 0 Å².